The summed E-state index contributed by atoms with van der Waals surface area (Å²) in [6.07, 6.45) is 0.491. The predicted octanol–water partition coefficient (Wildman–Crippen LogP) is 1.09. The Hall–Kier alpha value is -2.09. The zero-order valence-electron chi connectivity index (χ0n) is 11.0. The first-order valence-corrected chi connectivity index (χ1v) is 7.24. The van der Waals surface area contributed by atoms with Crippen molar-refractivity contribution in [2.75, 3.05) is 16.8 Å². The lowest BCUT2D eigenvalue weighted by Gasteiger charge is -2.10. The van der Waals surface area contributed by atoms with Gasteiger partial charge in [-0.3, -0.25) is 9.59 Å². The number of aliphatic carboxylic acids is 1. The Labute approximate surface area is 125 Å². The fourth-order valence-corrected chi connectivity index (χ4v) is 2.40. The van der Waals surface area contributed by atoms with E-state index in [1.165, 1.54) is 30.0 Å². The number of thioether (sulfide) groups is 1. The second-order valence-corrected chi connectivity index (χ2v) is 5.21. The number of carboxylic acid groups (broad SMARTS) is 1. The zero-order valence-corrected chi connectivity index (χ0v) is 11.9. The summed E-state index contributed by atoms with van der Waals surface area (Å²) in [5.74, 6) is -1.29. The Morgan fingerprint density at radius 1 is 1.43 bits per heavy atom. The van der Waals surface area contributed by atoms with Crippen LogP contribution in [0, 0.1) is 5.82 Å². The second-order valence-electron chi connectivity index (χ2n) is 4.06. The Bertz CT molecular complexity index is 513. The van der Waals surface area contributed by atoms with Crippen LogP contribution in [0.3, 0.4) is 0 Å². The molecule has 1 unspecified atom stereocenters. The number of carbonyl (C=O) groups excluding carboxylic acids is 2. The van der Waals surface area contributed by atoms with E-state index in [2.05, 4.69) is 10.6 Å². The summed E-state index contributed by atoms with van der Waals surface area (Å²) in [6, 6.07) is 4.57. The summed E-state index contributed by atoms with van der Waals surface area (Å²) in [7, 11) is 0. The van der Waals surface area contributed by atoms with Crippen molar-refractivity contribution >= 4 is 35.7 Å². The Kier molecular flexibility index (Phi) is 7.24. The third kappa shape index (κ3) is 6.75. The van der Waals surface area contributed by atoms with Gasteiger partial charge in [-0.2, -0.15) is 11.8 Å². The molecule has 0 spiro atoms. The molecule has 3 N–H and O–H groups in total. The molecule has 0 saturated carbocycles. The van der Waals surface area contributed by atoms with Gasteiger partial charge >= 0.3 is 5.97 Å². The van der Waals surface area contributed by atoms with E-state index >= 15 is 0 Å². The quantitative estimate of drug-likeness (QED) is 0.468. The molecule has 0 saturated heterocycles. The topological polar surface area (TPSA) is 95.5 Å². The van der Waals surface area contributed by atoms with E-state index in [9.17, 15) is 18.8 Å². The van der Waals surface area contributed by atoms with Gasteiger partial charge in [0.25, 0.3) is 0 Å². The predicted molar refractivity (Wildman–Crippen MR) is 77.6 cm³/mol. The summed E-state index contributed by atoms with van der Waals surface area (Å²) in [5, 5.41) is 13.5. The number of hydrogen-bond acceptors (Lipinski definition) is 4. The van der Waals surface area contributed by atoms with Crippen LogP contribution in [-0.2, 0) is 14.4 Å². The van der Waals surface area contributed by atoms with Crippen molar-refractivity contribution in [3.8, 4) is 0 Å². The minimum atomic E-state index is -1.13. The molecule has 0 heterocycles. The van der Waals surface area contributed by atoms with E-state index in [0.29, 0.717) is 17.9 Å². The van der Waals surface area contributed by atoms with Gasteiger partial charge in [0.1, 0.15) is 11.9 Å². The second kappa shape index (κ2) is 8.96. The van der Waals surface area contributed by atoms with Crippen LogP contribution >= 0.6 is 11.8 Å². The van der Waals surface area contributed by atoms with Gasteiger partial charge < -0.3 is 15.7 Å². The van der Waals surface area contributed by atoms with Crippen LogP contribution in [0.1, 0.15) is 6.42 Å². The van der Waals surface area contributed by atoms with Crippen molar-refractivity contribution in [1.29, 1.82) is 0 Å². The SMILES string of the molecule is O=CNC(CSCCC(=O)Nc1cccc(F)c1)C(=O)O. The summed E-state index contributed by atoms with van der Waals surface area (Å²) >= 11 is 1.23. The molecular weight excluding hydrogens is 299 g/mol. The number of benzene rings is 1. The average molecular weight is 314 g/mol. The number of hydrogen-bond donors (Lipinski definition) is 3. The first-order chi connectivity index (χ1) is 10.0. The molecule has 0 aromatic heterocycles. The molecule has 1 aromatic carbocycles. The van der Waals surface area contributed by atoms with Crippen LogP contribution in [0.4, 0.5) is 10.1 Å². The number of nitrogens with one attached hydrogen (secondary N) is 2. The van der Waals surface area contributed by atoms with Gasteiger partial charge in [-0.15, -0.1) is 0 Å². The lowest BCUT2D eigenvalue weighted by Crippen LogP contribution is -2.37. The Morgan fingerprint density at radius 3 is 2.81 bits per heavy atom. The fourth-order valence-electron chi connectivity index (χ4n) is 1.43. The molecule has 1 atom stereocenters. The molecule has 0 bridgehead atoms. The molecule has 2 amide bonds. The molecule has 21 heavy (non-hydrogen) atoms. The van der Waals surface area contributed by atoms with Crippen LogP contribution in [-0.4, -0.2) is 40.9 Å². The summed E-state index contributed by atoms with van der Waals surface area (Å²) < 4.78 is 12.9. The highest BCUT2D eigenvalue weighted by Gasteiger charge is 2.15. The fraction of sp³-hybridized carbons (Fsp3) is 0.308. The van der Waals surface area contributed by atoms with Gasteiger partial charge in [-0.1, -0.05) is 6.07 Å². The summed E-state index contributed by atoms with van der Waals surface area (Å²) in [4.78, 5) is 32.5. The molecule has 0 aliphatic carbocycles. The Balaban J connectivity index is 2.27. The summed E-state index contributed by atoms with van der Waals surface area (Å²) in [6.45, 7) is 0. The molecule has 0 aliphatic heterocycles. The summed E-state index contributed by atoms with van der Waals surface area (Å²) in [5.41, 5.74) is 0.371. The third-order valence-electron chi connectivity index (χ3n) is 2.43. The lowest BCUT2D eigenvalue weighted by molar-refractivity contribution is -0.139. The maximum absolute atomic E-state index is 12.9. The molecule has 0 aliphatic rings. The number of anilines is 1. The van der Waals surface area contributed by atoms with Crippen LogP contribution in [0.25, 0.3) is 0 Å². The highest BCUT2D eigenvalue weighted by molar-refractivity contribution is 7.99. The van der Waals surface area contributed by atoms with Gasteiger partial charge in [0.2, 0.25) is 12.3 Å². The highest BCUT2D eigenvalue weighted by Crippen LogP contribution is 2.11. The van der Waals surface area contributed by atoms with Crippen molar-refractivity contribution < 1.29 is 23.9 Å². The highest BCUT2D eigenvalue weighted by atomic mass is 32.2. The van der Waals surface area contributed by atoms with Crippen molar-refractivity contribution in [2.45, 2.75) is 12.5 Å². The van der Waals surface area contributed by atoms with E-state index in [0.717, 1.165) is 0 Å². The molecule has 1 rings (SSSR count). The van der Waals surface area contributed by atoms with Crippen molar-refractivity contribution in [2.24, 2.45) is 0 Å². The number of amides is 2. The Morgan fingerprint density at radius 2 is 2.19 bits per heavy atom. The lowest BCUT2D eigenvalue weighted by atomic mass is 10.3. The molecule has 0 fully saturated rings. The molecule has 0 radical (unpaired) electrons. The smallest absolute Gasteiger partial charge is 0.327 e. The van der Waals surface area contributed by atoms with E-state index in [4.69, 9.17) is 5.11 Å². The van der Waals surface area contributed by atoms with E-state index in [1.54, 1.807) is 6.07 Å². The largest absolute Gasteiger partial charge is 0.480 e. The number of carboxylic acids is 1. The van der Waals surface area contributed by atoms with Crippen LogP contribution < -0.4 is 10.6 Å². The zero-order chi connectivity index (χ0) is 15.7. The van der Waals surface area contributed by atoms with E-state index in [-0.39, 0.29) is 18.1 Å². The minimum absolute atomic E-state index is 0.161. The normalized spacial score (nSPS) is 11.5. The number of carbonyl (C=O) groups is 3. The van der Waals surface area contributed by atoms with Gasteiger partial charge in [-0.25, -0.2) is 9.18 Å². The standard InChI is InChI=1S/C13H15FN2O4S/c14-9-2-1-3-10(6-9)16-12(18)4-5-21-7-11(13(19)20)15-8-17/h1-3,6,8,11H,4-5,7H2,(H,15,17)(H,16,18)(H,19,20). The molecule has 114 valence electrons. The minimum Gasteiger partial charge on any atom is -0.480 e. The van der Waals surface area contributed by atoms with Crippen LogP contribution in [0.2, 0.25) is 0 Å². The van der Waals surface area contributed by atoms with Crippen LogP contribution in [0.5, 0.6) is 0 Å². The van der Waals surface area contributed by atoms with Crippen LogP contribution in [0.15, 0.2) is 24.3 Å². The van der Waals surface area contributed by atoms with Crippen molar-refractivity contribution in [3.05, 3.63) is 30.1 Å². The van der Waals surface area contributed by atoms with Gasteiger partial charge in [-0.05, 0) is 18.2 Å². The van der Waals surface area contributed by atoms with Crippen molar-refractivity contribution in [1.82, 2.24) is 5.32 Å². The van der Waals surface area contributed by atoms with Gasteiger partial charge in [0.05, 0.1) is 0 Å². The average Bonchev–Trinajstić information content (AvgIpc) is 2.42. The van der Waals surface area contributed by atoms with E-state index < -0.39 is 17.8 Å². The van der Waals surface area contributed by atoms with Gasteiger partial charge in [0, 0.05) is 23.6 Å². The molecular formula is C13H15FN2O4S. The first kappa shape index (κ1) is 17.0. The molecule has 8 heteroatoms. The van der Waals surface area contributed by atoms with E-state index in [1.807, 2.05) is 0 Å². The van der Waals surface area contributed by atoms with Crippen molar-refractivity contribution in [3.63, 3.8) is 0 Å². The maximum Gasteiger partial charge on any atom is 0.327 e. The molecule has 6 nitrogen and oxygen atoms in total. The maximum atomic E-state index is 12.9. The number of halogens is 1. The third-order valence-corrected chi connectivity index (χ3v) is 3.50. The first-order valence-electron chi connectivity index (χ1n) is 6.08. The monoisotopic (exact) mass is 314 g/mol. The van der Waals surface area contributed by atoms with Gasteiger partial charge in [0.15, 0.2) is 0 Å². The number of rotatable bonds is 9. The molecule has 1 aromatic rings.